The molecule has 0 fully saturated rings. The van der Waals surface area contributed by atoms with Crippen molar-refractivity contribution >= 4 is 32.6 Å². The Morgan fingerprint density at radius 1 is 1.33 bits per heavy atom. The molecule has 96 valence electrons. The summed E-state index contributed by atoms with van der Waals surface area (Å²) in [7, 11) is -3.70. The monoisotopic (exact) mass is 286 g/mol. The van der Waals surface area contributed by atoms with Crippen LogP contribution in [-0.4, -0.2) is 25.7 Å². The number of pyridine rings is 1. The van der Waals surface area contributed by atoms with Gasteiger partial charge < -0.3 is 9.92 Å². The van der Waals surface area contributed by atoms with Gasteiger partial charge in [0.25, 0.3) is 0 Å². The van der Waals surface area contributed by atoms with Crippen LogP contribution in [0.1, 0.15) is 0 Å². The molecule has 1 aromatic heterocycles. The fraction of sp³-hybridized carbons (Fsp3) is 0.182. The molecule has 2 N–H and O–H groups in total. The maximum atomic E-state index is 11.6. The third kappa shape index (κ3) is 2.72. The molecule has 0 unspecified atom stereocenters. The normalized spacial score (nSPS) is 11.7. The number of nitrogens with zero attached hydrogens (tertiary/aromatic N) is 1. The maximum absolute atomic E-state index is 11.6. The number of rotatable bonds is 4. The predicted octanol–water partition coefficient (Wildman–Crippen LogP) is 1.56. The smallest absolute Gasteiger partial charge is 0.310 e. The van der Waals surface area contributed by atoms with Crippen LogP contribution in [0.2, 0.25) is 5.02 Å². The fourth-order valence-electron chi connectivity index (χ4n) is 1.50. The highest BCUT2D eigenvalue weighted by atomic mass is 35.5. The molecule has 0 radical (unpaired) electrons. The van der Waals surface area contributed by atoms with E-state index in [2.05, 4.69) is 4.98 Å². The maximum Gasteiger partial charge on any atom is 0.310 e. The Morgan fingerprint density at radius 3 is 2.83 bits per heavy atom. The minimum Gasteiger partial charge on any atom is -0.380 e. The van der Waals surface area contributed by atoms with Crippen molar-refractivity contribution in [3.63, 3.8) is 0 Å². The number of benzene rings is 1. The van der Waals surface area contributed by atoms with Crippen LogP contribution in [-0.2, 0) is 10.1 Å². The lowest BCUT2D eigenvalue weighted by atomic mass is 10.2. The summed E-state index contributed by atoms with van der Waals surface area (Å²) in [5.74, 6) is -0.0901. The Labute approximate surface area is 110 Å². The first-order valence-corrected chi connectivity index (χ1v) is 7.14. The lowest BCUT2D eigenvalue weighted by Gasteiger charge is -2.08. The molecule has 5 nitrogen and oxygen atoms in total. The molecule has 0 aliphatic carbocycles. The van der Waals surface area contributed by atoms with Crippen molar-refractivity contribution in [2.24, 2.45) is 5.73 Å². The van der Waals surface area contributed by atoms with Crippen LogP contribution < -0.4 is 9.92 Å². The van der Waals surface area contributed by atoms with E-state index in [-0.39, 0.29) is 18.0 Å². The fourth-order valence-corrected chi connectivity index (χ4v) is 2.50. The SMILES string of the molecule is NCCS(=O)(=O)Oc1ccc(Cl)c2cccnc12. The molecule has 0 saturated heterocycles. The number of hydrogen-bond acceptors (Lipinski definition) is 5. The van der Waals surface area contributed by atoms with Gasteiger partial charge in [0.05, 0.1) is 10.8 Å². The summed E-state index contributed by atoms with van der Waals surface area (Å²) >= 11 is 6.00. The number of halogens is 1. The highest BCUT2D eigenvalue weighted by molar-refractivity contribution is 7.87. The molecule has 0 aliphatic rings. The standard InChI is InChI=1S/C11H11ClN2O3S/c12-9-3-4-10(17-18(15,16)7-5-13)11-8(9)2-1-6-14-11/h1-4,6H,5,7,13H2. The molecule has 0 atom stereocenters. The largest absolute Gasteiger partial charge is 0.380 e. The number of fused-ring (bicyclic) bond motifs is 1. The first-order chi connectivity index (χ1) is 8.53. The van der Waals surface area contributed by atoms with Crippen LogP contribution in [0.5, 0.6) is 5.75 Å². The zero-order valence-corrected chi connectivity index (χ0v) is 10.9. The summed E-state index contributed by atoms with van der Waals surface area (Å²) in [5, 5.41) is 1.13. The van der Waals surface area contributed by atoms with Crippen molar-refractivity contribution in [2.45, 2.75) is 0 Å². The van der Waals surface area contributed by atoms with E-state index >= 15 is 0 Å². The molecule has 0 spiro atoms. The van der Waals surface area contributed by atoms with E-state index < -0.39 is 10.1 Å². The molecule has 2 aromatic rings. The van der Waals surface area contributed by atoms with Crippen LogP contribution >= 0.6 is 11.6 Å². The van der Waals surface area contributed by atoms with Gasteiger partial charge in [-0.2, -0.15) is 8.42 Å². The highest BCUT2D eigenvalue weighted by Crippen LogP contribution is 2.30. The van der Waals surface area contributed by atoms with Crippen molar-refractivity contribution in [1.82, 2.24) is 4.98 Å². The van der Waals surface area contributed by atoms with E-state index in [4.69, 9.17) is 21.5 Å². The molecule has 1 heterocycles. The van der Waals surface area contributed by atoms with Gasteiger partial charge in [-0.05, 0) is 24.3 Å². The van der Waals surface area contributed by atoms with E-state index in [0.29, 0.717) is 15.9 Å². The summed E-state index contributed by atoms with van der Waals surface area (Å²) in [4.78, 5) is 4.08. The highest BCUT2D eigenvalue weighted by Gasteiger charge is 2.15. The van der Waals surface area contributed by atoms with Crippen LogP contribution in [0, 0.1) is 0 Å². The van der Waals surface area contributed by atoms with Gasteiger partial charge >= 0.3 is 10.1 Å². The third-order valence-corrected chi connectivity index (χ3v) is 3.76. The zero-order chi connectivity index (χ0) is 13.2. The van der Waals surface area contributed by atoms with Crippen LogP contribution in [0.25, 0.3) is 10.9 Å². The minimum atomic E-state index is -3.70. The van der Waals surface area contributed by atoms with Gasteiger partial charge in [0, 0.05) is 18.1 Å². The van der Waals surface area contributed by atoms with Crippen molar-refractivity contribution in [3.05, 3.63) is 35.5 Å². The number of aromatic nitrogens is 1. The summed E-state index contributed by atoms with van der Waals surface area (Å²) in [6.45, 7) is 0.00127. The van der Waals surface area contributed by atoms with Gasteiger partial charge in [-0.25, -0.2) is 0 Å². The van der Waals surface area contributed by atoms with E-state index in [1.54, 1.807) is 24.4 Å². The summed E-state index contributed by atoms with van der Waals surface area (Å²) in [5.41, 5.74) is 5.62. The van der Waals surface area contributed by atoms with Gasteiger partial charge in [0.15, 0.2) is 5.75 Å². The molecular formula is C11H11ClN2O3S. The van der Waals surface area contributed by atoms with E-state index in [1.807, 2.05) is 0 Å². The van der Waals surface area contributed by atoms with Gasteiger partial charge in [0.1, 0.15) is 5.52 Å². The van der Waals surface area contributed by atoms with Crippen molar-refractivity contribution in [2.75, 3.05) is 12.3 Å². The number of hydrogen-bond donors (Lipinski definition) is 1. The molecular weight excluding hydrogens is 276 g/mol. The van der Waals surface area contributed by atoms with E-state index in [1.165, 1.54) is 6.07 Å². The molecule has 18 heavy (non-hydrogen) atoms. The summed E-state index contributed by atoms with van der Waals surface area (Å²) < 4.78 is 28.1. The van der Waals surface area contributed by atoms with Crippen LogP contribution in [0.3, 0.4) is 0 Å². The average molecular weight is 287 g/mol. The lowest BCUT2D eigenvalue weighted by molar-refractivity contribution is 0.488. The first-order valence-electron chi connectivity index (χ1n) is 5.19. The molecule has 0 amide bonds. The Morgan fingerprint density at radius 2 is 2.11 bits per heavy atom. The van der Waals surface area contributed by atoms with Gasteiger partial charge in [0.2, 0.25) is 0 Å². The van der Waals surface area contributed by atoms with E-state index in [9.17, 15) is 8.42 Å². The second-order valence-electron chi connectivity index (χ2n) is 3.58. The van der Waals surface area contributed by atoms with Gasteiger partial charge in [-0.15, -0.1) is 0 Å². The Hall–Kier alpha value is -1.37. The second kappa shape index (κ2) is 5.09. The molecule has 2 rings (SSSR count). The number of nitrogens with two attached hydrogens (primary N) is 1. The quantitative estimate of drug-likeness (QED) is 0.863. The average Bonchev–Trinajstić information content (AvgIpc) is 2.33. The van der Waals surface area contributed by atoms with Crippen LogP contribution in [0.15, 0.2) is 30.5 Å². The molecule has 0 bridgehead atoms. The van der Waals surface area contributed by atoms with Crippen LogP contribution in [0.4, 0.5) is 0 Å². The minimum absolute atomic E-state index is 0.00127. The Kier molecular flexibility index (Phi) is 3.70. The Balaban J connectivity index is 2.50. The van der Waals surface area contributed by atoms with Crippen molar-refractivity contribution in [3.8, 4) is 5.75 Å². The Bertz CT molecular complexity index is 673. The molecule has 1 aromatic carbocycles. The predicted molar refractivity (Wildman–Crippen MR) is 70.2 cm³/mol. The zero-order valence-electron chi connectivity index (χ0n) is 9.34. The topological polar surface area (TPSA) is 82.3 Å². The van der Waals surface area contributed by atoms with Gasteiger partial charge in [-0.1, -0.05) is 11.6 Å². The molecule has 0 saturated carbocycles. The summed E-state index contributed by atoms with van der Waals surface area (Å²) in [6, 6.07) is 6.50. The second-order valence-corrected chi connectivity index (χ2v) is 5.68. The van der Waals surface area contributed by atoms with Crippen molar-refractivity contribution < 1.29 is 12.6 Å². The third-order valence-electron chi connectivity index (χ3n) is 2.26. The summed E-state index contributed by atoms with van der Waals surface area (Å²) in [6.07, 6.45) is 1.54. The first kappa shape index (κ1) is 13.1. The lowest BCUT2D eigenvalue weighted by Crippen LogP contribution is -2.20. The molecule has 0 aliphatic heterocycles. The van der Waals surface area contributed by atoms with E-state index in [0.717, 1.165) is 0 Å². The molecule has 7 heteroatoms. The van der Waals surface area contributed by atoms with Crippen molar-refractivity contribution in [1.29, 1.82) is 0 Å². The van der Waals surface area contributed by atoms with Gasteiger partial charge in [-0.3, -0.25) is 4.98 Å².